The minimum Gasteiger partial charge on any atom is -0.461 e. The van der Waals surface area contributed by atoms with E-state index in [1.165, 1.54) is 0 Å². The van der Waals surface area contributed by atoms with Crippen LogP contribution in [0, 0.1) is 17.7 Å². The number of amides is 1. The van der Waals surface area contributed by atoms with Gasteiger partial charge in [-0.3, -0.25) is 14.8 Å². The van der Waals surface area contributed by atoms with Gasteiger partial charge in [0.05, 0.1) is 23.0 Å². The Kier molecular flexibility index (Phi) is 8.29. The molecule has 260 valence electrons. The second-order valence-electron chi connectivity index (χ2n) is 15.3. The van der Waals surface area contributed by atoms with E-state index in [9.17, 15) is 4.79 Å². The second-order valence-corrected chi connectivity index (χ2v) is 15.3. The molecule has 2 atom stereocenters. The van der Waals surface area contributed by atoms with Crippen molar-refractivity contribution in [2.24, 2.45) is 0 Å². The van der Waals surface area contributed by atoms with Crippen LogP contribution in [-0.4, -0.2) is 86.9 Å². The van der Waals surface area contributed by atoms with Crippen LogP contribution in [0.5, 0.6) is 6.01 Å². The van der Waals surface area contributed by atoms with Gasteiger partial charge >= 0.3 is 12.1 Å². The number of fused-ring (bicyclic) bond motifs is 5. The zero-order chi connectivity index (χ0) is 34.6. The molecule has 9 nitrogen and oxygen atoms in total. The van der Waals surface area contributed by atoms with Gasteiger partial charge in [0, 0.05) is 42.2 Å². The third-order valence-corrected chi connectivity index (χ3v) is 10.9. The van der Waals surface area contributed by atoms with Crippen LogP contribution < -0.4 is 9.64 Å². The molecule has 0 radical (unpaired) electrons. The van der Waals surface area contributed by atoms with E-state index in [-0.39, 0.29) is 40.9 Å². The molecule has 4 aromatic rings. The Morgan fingerprint density at radius 3 is 2.46 bits per heavy atom. The number of aromatic nitrogens is 3. The minimum atomic E-state index is -0.579. The molecule has 10 heteroatoms. The van der Waals surface area contributed by atoms with Gasteiger partial charge in [0.15, 0.2) is 5.82 Å². The summed E-state index contributed by atoms with van der Waals surface area (Å²) in [6.07, 6.45) is 8.33. The molecule has 4 aliphatic heterocycles. The molecular formula is C40H45FN6O3. The lowest BCUT2D eigenvalue weighted by molar-refractivity contribution is 0.0122. The lowest BCUT2D eigenvalue weighted by atomic mass is 9.95. The van der Waals surface area contributed by atoms with Gasteiger partial charge in [0.1, 0.15) is 29.2 Å². The highest BCUT2D eigenvalue weighted by molar-refractivity contribution is 6.02. The standard InChI is InChI=1S/C40H45FN6O3/c1-5-6-11-26-12-7-13-27-14-8-15-30(32(26)27)34-33(41)35-31(22-42-34)36(44-37(43-35)49-25-40-18-9-20-46(40)21-10-19-40)45-23-28-16-17-29(24-45)47(28)38(48)50-39(2,3)4/h7-8,12-15,22,28-29H,5,9-10,16-21,23-25H2,1-4H3/t28-,29+. The zero-order valence-electron chi connectivity index (χ0n) is 29.5. The number of carbonyl (C=O) groups is 1. The Hall–Kier alpha value is -4.49. The Balaban J connectivity index is 1.21. The summed E-state index contributed by atoms with van der Waals surface area (Å²) in [7, 11) is 0. The van der Waals surface area contributed by atoms with Crippen molar-refractivity contribution < 1.29 is 18.7 Å². The highest BCUT2D eigenvalue weighted by Crippen LogP contribution is 2.41. The lowest BCUT2D eigenvalue weighted by Gasteiger charge is -2.42. The van der Waals surface area contributed by atoms with Gasteiger partial charge < -0.3 is 14.4 Å². The van der Waals surface area contributed by atoms with Crippen molar-refractivity contribution in [3.8, 4) is 29.1 Å². The summed E-state index contributed by atoms with van der Waals surface area (Å²) in [6, 6.07) is 11.9. The lowest BCUT2D eigenvalue weighted by Crippen LogP contribution is -2.57. The van der Waals surface area contributed by atoms with Crippen LogP contribution in [0.25, 0.3) is 32.9 Å². The molecule has 6 heterocycles. The second kappa shape index (κ2) is 12.7. The molecule has 4 fully saturated rings. The van der Waals surface area contributed by atoms with Crippen LogP contribution in [0.2, 0.25) is 0 Å². The average molecular weight is 677 g/mol. The van der Waals surface area contributed by atoms with Gasteiger partial charge in [-0.15, -0.1) is 0 Å². The fourth-order valence-electron chi connectivity index (χ4n) is 8.69. The fraction of sp³-hybridized carbons (Fsp3) is 0.500. The molecule has 50 heavy (non-hydrogen) atoms. The van der Waals surface area contributed by atoms with Crippen molar-refractivity contribution in [3.63, 3.8) is 0 Å². The third-order valence-electron chi connectivity index (χ3n) is 10.9. The maximum Gasteiger partial charge on any atom is 0.410 e. The van der Waals surface area contributed by atoms with Crippen LogP contribution in [0.3, 0.4) is 0 Å². The van der Waals surface area contributed by atoms with E-state index in [1.54, 1.807) is 6.20 Å². The first kappa shape index (κ1) is 32.7. The molecule has 2 aromatic carbocycles. The number of anilines is 1. The van der Waals surface area contributed by atoms with Crippen LogP contribution in [0.1, 0.15) is 78.2 Å². The van der Waals surface area contributed by atoms with Gasteiger partial charge in [-0.1, -0.05) is 49.1 Å². The molecule has 0 aliphatic carbocycles. The van der Waals surface area contributed by atoms with E-state index in [0.717, 1.165) is 74.4 Å². The number of nitrogens with zero attached hydrogens (tertiary/aromatic N) is 6. The molecule has 4 aliphatic rings. The SMILES string of the molecule is CCC#Cc1cccc2cccc(-c3ncc4c(N5C[C@H]6CC[C@@H](C5)N6C(=O)OC(C)(C)C)nc(OCC56CCCN5CCC6)nc4c3F)c12. The highest BCUT2D eigenvalue weighted by atomic mass is 19.1. The van der Waals surface area contributed by atoms with Crippen molar-refractivity contribution in [2.75, 3.05) is 37.7 Å². The van der Waals surface area contributed by atoms with Gasteiger partial charge in [-0.2, -0.15) is 9.97 Å². The molecule has 0 unspecified atom stereocenters. The highest BCUT2D eigenvalue weighted by Gasteiger charge is 2.46. The van der Waals surface area contributed by atoms with E-state index >= 15 is 4.39 Å². The van der Waals surface area contributed by atoms with Crippen LogP contribution in [0.4, 0.5) is 15.0 Å². The van der Waals surface area contributed by atoms with Crippen molar-refractivity contribution >= 4 is 33.6 Å². The molecule has 4 saturated heterocycles. The van der Waals surface area contributed by atoms with Crippen molar-refractivity contribution in [1.29, 1.82) is 0 Å². The Morgan fingerprint density at radius 2 is 1.76 bits per heavy atom. The van der Waals surface area contributed by atoms with Crippen molar-refractivity contribution in [1.82, 2.24) is 24.8 Å². The van der Waals surface area contributed by atoms with E-state index < -0.39 is 11.4 Å². The maximum atomic E-state index is 17.1. The Labute approximate surface area is 293 Å². The first-order chi connectivity index (χ1) is 24.1. The number of hydrogen-bond acceptors (Lipinski definition) is 8. The van der Waals surface area contributed by atoms with E-state index in [1.807, 2.05) is 69.0 Å². The number of hydrogen-bond donors (Lipinski definition) is 0. The monoisotopic (exact) mass is 676 g/mol. The number of pyridine rings is 1. The van der Waals surface area contributed by atoms with Crippen molar-refractivity contribution in [2.45, 2.75) is 95.9 Å². The van der Waals surface area contributed by atoms with Crippen LogP contribution in [0.15, 0.2) is 42.6 Å². The first-order valence-corrected chi connectivity index (χ1v) is 18.2. The predicted octanol–water partition coefficient (Wildman–Crippen LogP) is 7.34. The van der Waals surface area contributed by atoms with Gasteiger partial charge in [0.2, 0.25) is 0 Å². The third kappa shape index (κ3) is 5.79. The number of halogens is 1. The van der Waals surface area contributed by atoms with Crippen molar-refractivity contribution in [3.05, 3.63) is 54.0 Å². The summed E-state index contributed by atoms with van der Waals surface area (Å²) in [5.74, 6) is 6.52. The molecule has 1 amide bonds. The number of carbonyl (C=O) groups excluding carboxylic acids is 1. The Morgan fingerprint density at radius 1 is 1.04 bits per heavy atom. The normalized spacial score (nSPS) is 21.4. The first-order valence-electron chi connectivity index (χ1n) is 18.2. The van der Waals surface area contributed by atoms with E-state index in [0.29, 0.717) is 36.5 Å². The van der Waals surface area contributed by atoms with Gasteiger partial charge in [-0.25, -0.2) is 9.18 Å². The quantitative estimate of drug-likeness (QED) is 0.203. The molecule has 2 bridgehead atoms. The summed E-state index contributed by atoms with van der Waals surface area (Å²) in [5.41, 5.74) is 1.31. The number of piperazine rings is 1. The summed E-state index contributed by atoms with van der Waals surface area (Å²) < 4.78 is 29.4. The maximum absolute atomic E-state index is 17.1. The summed E-state index contributed by atoms with van der Waals surface area (Å²) in [5, 5.41) is 2.36. The number of rotatable bonds is 5. The molecule has 2 aromatic heterocycles. The minimum absolute atomic E-state index is 0.0164. The van der Waals surface area contributed by atoms with E-state index in [4.69, 9.17) is 24.4 Å². The zero-order valence-corrected chi connectivity index (χ0v) is 29.5. The molecule has 0 saturated carbocycles. The molecule has 0 N–H and O–H groups in total. The molecule has 8 rings (SSSR count). The summed E-state index contributed by atoms with van der Waals surface area (Å²) in [6.45, 7) is 11.4. The van der Waals surface area contributed by atoms with Crippen LogP contribution >= 0.6 is 0 Å². The average Bonchev–Trinajstić information content (AvgIpc) is 3.76. The van der Waals surface area contributed by atoms with Crippen LogP contribution in [-0.2, 0) is 4.74 Å². The largest absolute Gasteiger partial charge is 0.461 e. The summed E-state index contributed by atoms with van der Waals surface area (Å²) in [4.78, 5) is 34.3. The summed E-state index contributed by atoms with van der Waals surface area (Å²) >= 11 is 0. The molecule has 0 spiro atoms. The van der Waals surface area contributed by atoms with Gasteiger partial charge in [0.25, 0.3) is 0 Å². The number of benzene rings is 2. The Bertz CT molecular complexity index is 2000. The topological polar surface area (TPSA) is 83.9 Å². The number of ether oxygens (including phenoxy) is 2. The molecular weight excluding hydrogens is 631 g/mol. The fourth-order valence-corrected chi connectivity index (χ4v) is 8.69. The predicted molar refractivity (Wildman–Crippen MR) is 193 cm³/mol. The van der Waals surface area contributed by atoms with E-state index in [2.05, 4.69) is 21.6 Å². The van der Waals surface area contributed by atoms with Gasteiger partial charge in [-0.05, 0) is 83.8 Å². The smallest absolute Gasteiger partial charge is 0.410 e.